The maximum Gasteiger partial charge on any atom is 0.244 e. The molecule has 0 saturated heterocycles. The summed E-state index contributed by atoms with van der Waals surface area (Å²) in [6.07, 6.45) is 0. The number of anilines is 1. The van der Waals surface area contributed by atoms with E-state index in [4.69, 9.17) is 0 Å². The molecule has 21 heavy (non-hydrogen) atoms. The van der Waals surface area contributed by atoms with Crippen LogP contribution < -0.4 is 5.32 Å². The lowest BCUT2D eigenvalue weighted by Crippen LogP contribution is -2.20. The van der Waals surface area contributed by atoms with Gasteiger partial charge < -0.3 is 9.88 Å². The Labute approximate surface area is 121 Å². The number of hydrogen-bond acceptors (Lipinski definition) is 2. The van der Waals surface area contributed by atoms with Gasteiger partial charge in [-0.05, 0) is 31.2 Å². The largest absolute Gasteiger partial charge is 0.322 e. The smallest absolute Gasteiger partial charge is 0.244 e. The summed E-state index contributed by atoms with van der Waals surface area (Å²) in [5.41, 5.74) is 1.91. The maximum atomic E-state index is 13.5. The number of para-hydroxylation sites is 3. The number of halogens is 1. The molecule has 1 N–H and O–H groups in total. The van der Waals surface area contributed by atoms with Crippen LogP contribution in [0.3, 0.4) is 0 Å². The van der Waals surface area contributed by atoms with E-state index in [2.05, 4.69) is 10.3 Å². The van der Waals surface area contributed by atoms with Crippen LogP contribution >= 0.6 is 0 Å². The maximum absolute atomic E-state index is 13.5. The van der Waals surface area contributed by atoms with Gasteiger partial charge in [0.2, 0.25) is 5.91 Å². The number of amides is 1. The number of benzene rings is 2. The fourth-order valence-electron chi connectivity index (χ4n) is 2.29. The lowest BCUT2D eigenvalue weighted by molar-refractivity contribution is -0.116. The highest BCUT2D eigenvalue weighted by Crippen LogP contribution is 2.16. The lowest BCUT2D eigenvalue weighted by Gasteiger charge is -2.09. The van der Waals surface area contributed by atoms with Crippen molar-refractivity contribution in [2.45, 2.75) is 13.5 Å². The van der Waals surface area contributed by atoms with E-state index in [1.807, 2.05) is 35.8 Å². The van der Waals surface area contributed by atoms with Crippen molar-refractivity contribution >= 4 is 22.6 Å². The van der Waals surface area contributed by atoms with Crippen molar-refractivity contribution in [3.63, 3.8) is 0 Å². The van der Waals surface area contributed by atoms with E-state index < -0.39 is 5.82 Å². The molecule has 3 rings (SSSR count). The van der Waals surface area contributed by atoms with E-state index in [0.29, 0.717) is 0 Å². The second-order valence-electron chi connectivity index (χ2n) is 4.76. The molecule has 0 fully saturated rings. The summed E-state index contributed by atoms with van der Waals surface area (Å²) in [5, 5.41) is 2.58. The highest BCUT2D eigenvalue weighted by atomic mass is 19.1. The first-order valence-electron chi connectivity index (χ1n) is 6.61. The number of carbonyl (C=O) groups excluding carboxylic acids is 1. The number of aryl methyl sites for hydroxylation is 1. The predicted molar refractivity (Wildman–Crippen MR) is 79.5 cm³/mol. The van der Waals surface area contributed by atoms with E-state index in [1.165, 1.54) is 12.1 Å². The van der Waals surface area contributed by atoms with E-state index in [-0.39, 0.29) is 18.1 Å². The Morgan fingerprint density at radius 1 is 1.19 bits per heavy atom. The minimum Gasteiger partial charge on any atom is -0.322 e. The average molecular weight is 283 g/mol. The molecule has 0 unspecified atom stereocenters. The van der Waals surface area contributed by atoms with Crippen LogP contribution in [0.15, 0.2) is 48.5 Å². The summed E-state index contributed by atoms with van der Waals surface area (Å²) in [4.78, 5) is 16.5. The number of aromatic nitrogens is 2. The molecule has 3 aromatic rings. The van der Waals surface area contributed by atoms with Gasteiger partial charge in [-0.25, -0.2) is 9.37 Å². The molecule has 0 atom stereocenters. The predicted octanol–water partition coefficient (Wildman–Crippen LogP) is 3.12. The van der Waals surface area contributed by atoms with Crippen LogP contribution in [0.5, 0.6) is 0 Å². The molecule has 1 heterocycles. The zero-order chi connectivity index (χ0) is 14.8. The van der Waals surface area contributed by atoms with E-state index in [1.54, 1.807) is 12.1 Å². The molecule has 0 radical (unpaired) electrons. The molecular weight excluding hydrogens is 269 g/mol. The van der Waals surface area contributed by atoms with Crippen LogP contribution in [0.25, 0.3) is 11.0 Å². The third kappa shape index (κ3) is 2.63. The highest BCUT2D eigenvalue weighted by molar-refractivity contribution is 5.91. The van der Waals surface area contributed by atoms with E-state index >= 15 is 0 Å². The molecule has 1 aromatic heterocycles. The first-order chi connectivity index (χ1) is 10.1. The highest BCUT2D eigenvalue weighted by Gasteiger charge is 2.12. The van der Waals surface area contributed by atoms with Gasteiger partial charge in [-0.15, -0.1) is 0 Å². The molecule has 4 nitrogen and oxygen atoms in total. The van der Waals surface area contributed by atoms with Crippen molar-refractivity contribution in [3.05, 3.63) is 60.2 Å². The van der Waals surface area contributed by atoms with Gasteiger partial charge in [0, 0.05) is 0 Å². The lowest BCUT2D eigenvalue weighted by atomic mass is 10.3. The summed E-state index contributed by atoms with van der Waals surface area (Å²) in [5.74, 6) is 0.0179. The SMILES string of the molecule is Cc1nc2ccccc2n1CC(=O)Nc1ccccc1F. The van der Waals surface area contributed by atoms with Crippen LogP contribution in [-0.4, -0.2) is 15.5 Å². The quantitative estimate of drug-likeness (QED) is 0.802. The topological polar surface area (TPSA) is 46.9 Å². The number of fused-ring (bicyclic) bond motifs is 1. The van der Waals surface area contributed by atoms with Gasteiger partial charge in [0.25, 0.3) is 0 Å². The Hall–Kier alpha value is -2.69. The van der Waals surface area contributed by atoms with E-state index in [9.17, 15) is 9.18 Å². The standard InChI is InChI=1S/C16H14FN3O/c1-11-18-14-8-4-5-9-15(14)20(11)10-16(21)19-13-7-3-2-6-12(13)17/h2-9H,10H2,1H3,(H,19,21). The molecular formula is C16H14FN3O. The molecule has 0 aliphatic rings. The summed E-state index contributed by atoms with van der Waals surface area (Å²) >= 11 is 0. The molecule has 0 bridgehead atoms. The van der Waals surface area contributed by atoms with Gasteiger partial charge in [-0.1, -0.05) is 24.3 Å². The normalized spacial score (nSPS) is 10.8. The monoisotopic (exact) mass is 283 g/mol. The third-order valence-corrected chi connectivity index (χ3v) is 3.30. The molecule has 0 saturated carbocycles. The minimum absolute atomic E-state index is 0.0979. The summed E-state index contributed by atoms with van der Waals surface area (Å²) in [7, 11) is 0. The number of hydrogen-bond donors (Lipinski definition) is 1. The van der Waals surface area contributed by atoms with Crippen molar-refractivity contribution in [1.29, 1.82) is 0 Å². The Balaban J connectivity index is 1.84. The van der Waals surface area contributed by atoms with Crippen LogP contribution in [0.4, 0.5) is 10.1 Å². The van der Waals surface area contributed by atoms with Gasteiger partial charge >= 0.3 is 0 Å². The number of carbonyl (C=O) groups is 1. The zero-order valence-corrected chi connectivity index (χ0v) is 11.5. The fraction of sp³-hybridized carbons (Fsp3) is 0.125. The van der Waals surface area contributed by atoms with Gasteiger partial charge in [0.1, 0.15) is 18.2 Å². The van der Waals surface area contributed by atoms with Gasteiger partial charge in [-0.3, -0.25) is 4.79 Å². The van der Waals surface area contributed by atoms with E-state index in [0.717, 1.165) is 16.9 Å². The van der Waals surface area contributed by atoms with Crippen molar-refractivity contribution in [2.75, 3.05) is 5.32 Å². The Kier molecular flexibility index (Phi) is 3.39. The van der Waals surface area contributed by atoms with Gasteiger partial charge in [-0.2, -0.15) is 0 Å². The van der Waals surface area contributed by atoms with Crippen LogP contribution in [0.1, 0.15) is 5.82 Å². The van der Waals surface area contributed by atoms with Crippen molar-refractivity contribution in [3.8, 4) is 0 Å². The zero-order valence-electron chi connectivity index (χ0n) is 11.5. The molecule has 1 amide bonds. The van der Waals surface area contributed by atoms with Crippen molar-refractivity contribution in [1.82, 2.24) is 9.55 Å². The summed E-state index contributed by atoms with van der Waals surface area (Å²) in [6, 6.07) is 13.7. The van der Waals surface area contributed by atoms with Crippen LogP contribution in [-0.2, 0) is 11.3 Å². The third-order valence-electron chi connectivity index (χ3n) is 3.30. The number of imidazole rings is 1. The molecule has 2 aromatic carbocycles. The average Bonchev–Trinajstić information content (AvgIpc) is 2.78. The first kappa shape index (κ1) is 13.3. The Bertz CT molecular complexity index is 810. The van der Waals surface area contributed by atoms with Crippen molar-refractivity contribution in [2.24, 2.45) is 0 Å². The Morgan fingerprint density at radius 2 is 1.90 bits per heavy atom. The molecule has 5 heteroatoms. The molecule has 0 aliphatic carbocycles. The first-order valence-corrected chi connectivity index (χ1v) is 6.61. The van der Waals surface area contributed by atoms with Crippen molar-refractivity contribution < 1.29 is 9.18 Å². The van der Waals surface area contributed by atoms with Gasteiger partial charge in [0.15, 0.2) is 0 Å². The number of nitrogens with zero attached hydrogens (tertiary/aromatic N) is 2. The Morgan fingerprint density at radius 3 is 2.71 bits per heavy atom. The number of rotatable bonds is 3. The number of nitrogens with one attached hydrogen (secondary N) is 1. The van der Waals surface area contributed by atoms with Crippen LogP contribution in [0.2, 0.25) is 0 Å². The fourth-order valence-corrected chi connectivity index (χ4v) is 2.29. The summed E-state index contributed by atoms with van der Waals surface area (Å²) in [6.45, 7) is 1.94. The van der Waals surface area contributed by atoms with Crippen LogP contribution in [0, 0.1) is 12.7 Å². The summed E-state index contributed by atoms with van der Waals surface area (Å²) < 4.78 is 15.3. The minimum atomic E-state index is -0.446. The molecule has 0 aliphatic heterocycles. The van der Waals surface area contributed by atoms with Gasteiger partial charge in [0.05, 0.1) is 16.7 Å². The molecule has 0 spiro atoms. The molecule has 106 valence electrons. The second-order valence-corrected chi connectivity index (χ2v) is 4.76. The second kappa shape index (κ2) is 5.36.